The van der Waals surface area contributed by atoms with Crippen LogP contribution in [0.4, 0.5) is 14.5 Å². The van der Waals surface area contributed by atoms with Gasteiger partial charge in [-0.1, -0.05) is 13.8 Å². The fourth-order valence-corrected chi connectivity index (χ4v) is 3.33. The lowest BCUT2D eigenvalue weighted by atomic mass is 10.1. The van der Waals surface area contributed by atoms with Gasteiger partial charge in [0.1, 0.15) is 0 Å². The molecule has 0 aliphatic carbocycles. The van der Waals surface area contributed by atoms with E-state index < -0.39 is 18.5 Å². The van der Waals surface area contributed by atoms with E-state index in [2.05, 4.69) is 28.6 Å². The van der Waals surface area contributed by atoms with E-state index in [1.165, 1.54) is 6.33 Å². The minimum Gasteiger partial charge on any atom is -0.369 e. The molecular weight excluding hydrogens is 326 g/mol. The molecule has 25 heavy (non-hydrogen) atoms. The summed E-state index contributed by atoms with van der Waals surface area (Å²) in [6.07, 6.45) is -1.36. The number of benzene rings is 1. The minimum atomic E-state index is -2.57. The van der Waals surface area contributed by atoms with Crippen LogP contribution in [-0.2, 0) is 6.54 Å². The van der Waals surface area contributed by atoms with Gasteiger partial charge in [-0.3, -0.25) is 14.3 Å². The second-order valence-electron chi connectivity index (χ2n) is 6.98. The van der Waals surface area contributed by atoms with Crippen LogP contribution in [-0.4, -0.2) is 53.6 Å². The molecule has 0 radical (unpaired) electrons. The Hall–Kier alpha value is -2.02. The fraction of sp³-hybridized carbons (Fsp3) is 0.556. The van der Waals surface area contributed by atoms with Crippen molar-refractivity contribution in [3.63, 3.8) is 0 Å². The molecule has 136 valence electrons. The van der Waals surface area contributed by atoms with Gasteiger partial charge < -0.3 is 4.90 Å². The molecule has 2 aromatic rings. The Bertz CT molecular complexity index is 782. The Morgan fingerprint density at radius 2 is 1.84 bits per heavy atom. The number of hydrogen-bond acceptors (Lipinski definition) is 4. The highest BCUT2D eigenvalue weighted by Gasteiger charge is 2.18. The van der Waals surface area contributed by atoms with Crippen molar-refractivity contribution in [1.29, 1.82) is 0 Å². The SMILES string of the molecule is CC(C)CN1CCN(c2ccc3c(=O)n(CC(F)F)cnc3c2)CC1. The van der Waals surface area contributed by atoms with E-state index in [0.717, 1.165) is 43.0 Å². The van der Waals surface area contributed by atoms with Gasteiger partial charge in [0, 0.05) is 38.4 Å². The van der Waals surface area contributed by atoms with Crippen molar-refractivity contribution < 1.29 is 8.78 Å². The van der Waals surface area contributed by atoms with Crippen molar-refractivity contribution in [3.8, 4) is 0 Å². The molecule has 1 aromatic carbocycles. The van der Waals surface area contributed by atoms with Crippen LogP contribution in [0.2, 0.25) is 0 Å². The van der Waals surface area contributed by atoms with Gasteiger partial charge in [-0.2, -0.15) is 0 Å². The van der Waals surface area contributed by atoms with E-state index in [9.17, 15) is 13.6 Å². The van der Waals surface area contributed by atoms with Crippen LogP contribution in [0, 0.1) is 5.92 Å². The number of anilines is 1. The quantitative estimate of drug-likeness (QED) is 0.831. The first-order valence-electron chi connectivity index (χ1n) is 8.68. The van der Waals surface area contributed by atoms with Gasteiger partial charge in [-0.15, -0.1) is 0 Å². The molecule has 0 bridgehead atoms. The lowest BCUT2D eigenvalue weighted by Crippen LogP contribution is -2.47. The summed E-state index contributed by atoms with van der Waals surface area (Å²) in [5.74, 6) is 0.659. The van der Waals surface area contributed by atoms with Gasteiger partial charge in [-0.05, 0) is 24.1 Å². The smallest absolute Gasteiger partial charge is 0.261 e. The van der Waals surface area contributed by atoms with Gasteiger partial charge in [0.05, 0.1) is 23.8 Å². The third kappa shape index (κ3) is 4.15. The van der Waals surface area contributed by atoms with Crippen LogP contribution < -0.4 is 10.5 Å². The Balaban J connectivity index is 1.77. The number of piperazine rings is 1. The molecule has 0 atom stereocenters. The summed E-state index contributed by atoms with van der Waals surface area (Å²) in [6, 6.07) is 5.46. The third-order valence-electron chi connectivity index (χ3n) is 4.50. The molecule has 0 N–H and O–H groups in total. The predicted octanol–water partition coefficient (Wildman–Crippen LogP) is 2.44. The maximum atomic E-state index is 12.5. The van der Waals surface area contributed by atoms with Crippen molar-refractivity contribution in [2.75, 3.05) is 37.6 Å². The van der Waals surface area contributed by atoms with Crippen molar-refractivity contribution in [1.82, 2.24) is 14.5 Å². The van der Waals surface area contributed by atoms with E-state index in [-0.39, 0.29) is 0 Å². The zero-order valence-electron chi connectivity index (χ0n) is 14.7. The number of nitrogens with zero attached hydrogens (tertiary/aromatic N) is 4. The first-order valence-corrected chi connectivity index (χ1v) is 8.68. The molecule has 1 aliphatic heterocycles. The number of aromatic nitrogens is 2. The second kappa shape index (κ2) is 7.47. The lowest BCUT2D eigenvalue weighted by molar-refractivity contribution is 0.125. The molecule has 1 saturated heterocycles. The van der Waals surface area contributed by atoms with Gasteiger partial charge >= 0.3 is 0 Å². The van der Waals surface area contributed by atoms with E-state index in [1.54, 1.807) is 6.07 Å². The van der Waals surface area contributed by atoms with Crippen LogP contribution in [0.5, 0.6) is 0 Å². The highest BCUT2D eigenvalue weighted by molar-refractivity contribution is 5.81. The second-order valence-corrected chi connectivity index (χ2v) is 6.98. The maximum Gasteiger partial charge on any atom is 0.261 e. The Morgan fingerprint density at radius 3 is 2.48 bits per heavy atom. The number of hydrogen-bond donors (Lipinski definition) is 0. The van der Waals surface area contributed by atoms with Crippen molar-refractivity contribution in [2.45, 2.75) is 26.8 Å². The van der Waals surface area contributed by atoms with Gasteiger partial charge in [0.15, 0.2) is 0 Å². The van der Waals surface area contributed by atoms with Crippen LogP contribution in [0.25, 0.3) is 10.9 Å². The Morgan fingerprint density at radius 1 is 1.12 bits per heavy atom. The van der Waals surface area contributed by atoms with Crippen molar-refractivity contribution >= 4 is 16.6 Å². The first kappa shape index (κ1) is 17.8. The summed E-state index contributed by atoms with van der Waals surface area (Å²) in [7, 11) is 0. The summed E-state index contributed by atoms with van der Waals surface area (Å²) in [5.41, 5.74) is 1.16. The van der Waals surface area contributed by atoms with Crippen LogP contribution in [0.3, 0.4) is 0 Å². The molecule has 5 nitrogen and oxygen atoms in total. The molecule has 0 amide bonds. The summed E-state index contributed by atoms with van der Waals surface area (Å²) < 4.78 is 26.0. The lowest BCUT2D eigenvalue weighted by Gasteiger charge is -2.36. The molecule has 1 aromatic heterocycles. The highest BCUT2D eigenvalue weighted by atomic mass is 19.3. The normalized spacial score (nSPS) is 16.3. The first-order chi connectivity index (χ1) is 11.9. The van der Waals surface area contributed by atoms with E-state index >= 15 is 0 Å². The van der Waals surface area contributed by atoms with Crippen molar-refractivity contribution in [3.05, 3.63) is 34.9 Å². The van der Waals surface area contributed by atoms with Crippen LogP contribution in [0.1, 0.15) is 13.8 Å². The predicted molar refractivity (Wildman–Crippen MR) is 95.5 cm³/mol. The number of halogens is 2. The molecule has 0 saturated carbocycles. The summed E-state index contributed by atoms with van der Waals surface area (Å²) in [4.78, 5) is 21.2. The van der Waals surface area contributed by atoms with Gasteiger partial charge in [0.25, 0.3) is 12.0 Å². The molecule has 3 rings (SSSR count). The number of rotatable bonds is 5. The molecule has 0 unspecified atom stereocenters. The Labute approximate surface area is 145 Å². The number of fused-ring (bicyclic) bond motifs is 1. The summed E-state index contributed by atoms with van der Waals surface area (Å²) in [6.45, 7) is 8.82. The topological polar surface area (TPSA) is 41.4 Å². The molecule has 2 heterocycles. The zero-order chi connectivity index (χ0) is 18.0. The fourth-order valence-electron chi connectivity index (χ4n) is 3.33. The maximum absolute atomic E-state index is 12.5. The monoisotopic (exact) mass is 350 g/mol. The zero-order valence-corrected chi connectivity index (χ0v) is 14.7. The van der Waals surface area contributed by atoms with Crippen molar-refractivity contribution in [2.24, 2.45) is 5.92 Å². The van der Waals surface area contributed by atoms with E-state index in [4.69, 9.17) is 0 Å². The third-order valence-corrected chi connectivity index (χ3v) is 4.50. The molecule has 1 aliphatic rings. The number of alkyl halides is 2. The van der Waals surface area contributed by atoms with Gasteiger partial charge in [0.2, 0.25) is 0 Å². The van der Waals surface area contributed by atoms with Gasteiger partial charge in [-0.25, -0.2) is 13.8 Å². The largest absolute Gasteiger partial charge is 0.369 e. The van der Waals surface area contributed by atoms with E-state index in [1.807, 2.05) is 12.1 Å². The average molecular weight is 350 g/mol. The molecule has 0 spiro atoms. The summed E-state index contributed by atoms with van der Waals surface area (Å²) >= 11 is 0. The average Bonchev–Trinajstić information content (AvgIpc) is 2.57. The van der Waals surface area contributed by atoms with Crippen LogP contribution in [0.15, 0.2) is 29.3 Å². The standard InChI is InChI=1S/C18H24F2N4O/c1-13(2)10-22-5-7-23(8-6-22)14-3-4-15-16(9-14)21-12-24(18(15)25)11-17(19)20/h3-4,9,12-13,17H,5-8,10-11H2,1-2H3. The molecule has 7 heteroatoms. The Kier molecular flexibility index (Phi) is 5.32. The molecule has 1 fully saturated rings. The minimum absolute atomic E-state index is 0.380. The van der Waals surface area contributed by atoms with Crippen LogP contribution >= 0.6 is 0 Å². The van der Waals surface area contributed by atoms with E-state index in [0.29, 0.717) is 16.8 Å². The molecular formula is C18H24F2N4O. The highest BCUT2D eigenvalue weighted by Crippen LogP contribution is 2.20. The summed E-state index contributed by atoms with van der Waals surface area (Å²) in [5, 5.41) is 0.380.